The van der Waals surface area contributed by atoms with Gasteiger partial charge < -0.3 is 10.0 Å². The first kappa shape index (κ1) is 15.6. The zero-order chi connectivity index (χ0) is 16.1. The molecule has 23 heavy (non-hydrogen) atoms. The number of carbonyl (C=O) groups is 1. The number of amides is 2. The summed E-state index contributed by atoms with van der Waals surface area (Å²) in [6.07, 6.45) is 3.57. The first-order valence-electron chi connectivity index (χ1n) is 7.99. The van der Waals surface area contributed by atoms with E-state index in [4.69, 9.17) is 5.11 Å². The van der Waals surface area contributed by atoms with Crippen molar-refractivity contribution in [2.45, 2.75) is 19.4 Å². The Morgan fingerprint density at radius 3 is 2.65 bits per heavy atom. The number of urea groups is 1. The molecule has 0 bridgehead atoms. The molecule has 0 aliphatic carbocycles. The molecule has 6 heteroatoms. The van der Waals surface area contributed by atoms with Crippen molar-refractivity contribution >= 4 is 11.8 Å². The van der Waals surface area contributed by atoms with Gasteiger partial charge in [0.15, 0.2) is 5.82 Å². The number of nitrogens with zero attached hydrogens (tertiary/aromatic N) is 3. The predicted molar refractivity (Wildman–Crippen MR) is 88.2 cm³/mol. The van der Waals surface area contributed by atoms with Crippen LogP contribution in [0.4, 0.5) is 10.6 Å². The van der Waals surface area contributed by atoms with E-state index in [0.717, 1.165) is 12.8 Å². The van der Waals surface area contributed by atoms with E-state index in [1.54, 1.807) is 11.0 Å². The summed E-state index contributed by atoms with van der Waals surface area (Å²) in [6, 6.07) is 11.8. The zero-order valence-electron chi connectivity index (χ0n) is 13.1. The molecule has 122 valence electrons. The number of aromatic nitrogens is 2. The topological polar surface area (TPSA) is 70.4 Å². The molecule has 0 saturated carbocycles. The highest BCUT2D eigenvalue weighted by atomic mass is 16.3. The summed E-state index contributed by atoms with van der Waals surface area (Å²) in [4.78, 5) is 14.0. The Morgan fingerprint density at radius 2 is 1.96 bits per heavy atom. The van der Waals surface area contributed by atoms with Gasteiger partial charge in [-0.15, -0.1) is 0 Å². The molecule has 1 aliphatic heterocycles. The summed E-state index contributed by atoms with van der Waals surface area (Å²) in [6.45, 7) is 2.25. The van der Waals surface area contributed by atoms with E-state index in [2.05, 4.69) is 10.4 Å². The molecular formula is C17H22N4O2. The fraction of sp³-hybridized carbons (Fsp3) is 0.412. The van der Waals surface area contributed by atoms with Gasteiger partial charge >= 0.3 is 6.03 Å². The van der Waals surface area contributed by atoms with Crippen LogP contribution in [0.3, 0.4) is 0 Å². The molecule has 1 aromatic heterocycles. The lowest BCUT2D eigenvalue weighted by Crippen LogP contribution is -2.41. The molecule has 0 spiro atoms. The molecular weight excluding hydrogens is 292 g/mol. The lowest BCUT2D eigenvalue weighted by atomic mass is 9.98. The minimum Gasteiger partial charge on any atom is -0.396 e. The van der Waals surface area contributed by atoms with Gasteiger partial charge in [-0.05, 0) is 24.3 Å². The van der Waals surface area contributed by atoms with E-state index in [1.165, 1.54) is 5.56 Å². The van der Waals surface area contributed by atoms with Crippen molar-refractivity contribution in [1.29, 1.82) is 0 Å². The summed E-state index contributed by atoms with van der Waals surface area (Å²) in [5, 5.41) is 16.4. The highest BCUT2D eigenvalue weighted by molar-refractivity contribution is 5.88. The highest BCUT2D eigenvalue weighted by Crippen LogP contribution is 2.17. The number of aliphatic hydroxyl groups excluding tert-OH is 1. The van der Waals surface area contributed by atoms with Crippen LogP contribution in [0.1, 0.15) is 18.4 Å². The molecule has 2 heterocycles. The third kappa shape index (κ3) is 4.10. The number of carbonyl (C=O) groups excluding carboxylic acids is 1. The summed E-state index contributed by atoms with van der Waals surface area (Å²) >= 11 is 0. The average molecular weight is 314 g/mol. The second-order valence-corrected chi connectivity index (χ2v) is 5.93. The van der Waals surface area contributed by atoms with Crippen molar-refractivity contribution in [2.75, 3.05) is 25.0 Å². The fourth-order valence-electron chi connectivity index (χ4n) is 2.79. The smallest absolute Gasteiger partial charge is 0.323 e. The number of hydrogen-bond acceptors (Lipinski definition) is 3. The Bertz CT molecular complexity index is 633. The summed E-state index contributed by atoms with van der Waals surface area (Å²) < 4.78 is 1.81. The van der Waals surface area contributed by atoms with Gasteiger partial charge in [-0.3, -0.25) is 10.00 Å². The fourth-order valence-corrected chi connectivity index (χ4v) is 2.79. The van der Waals surface area contributed by atoms with Crippen molar-refractivity contribution in [1.82, 2.24) is 14.7 Å². The van der Waals surface area contributed by atoms with Gasteiger partial charge in [0.2, 0.25) is 0 Å². The number of benzene rings is 1. The molecule has 6 nitrogen and oxygen atoms in total. The van der Waals surface area contributed by atoms with E-state index < -0.39 is 0 Å². The number of rotatable bonds is 4. The van der Waals surface area contributed by atoms with E-state index >= 15 is 0 Å². The quantitative estimate of drug-likeness (QED) is 0.908. The number of anilines is 1. The molecule has 1 aliphatic rings. The molecule has 0 unspecified atom stereocenters. The summed E-state index contributed by atoms with van der Waals surface area (Å²) in [5.41, 5.74) is 1.17. The molecule has 1 fully saturated rings. The Labute approximate surface area is 135 Å². The van der Waals surface area contributed by atoms with Crippen molar-refractivity contribution in [2.24, 2.45) is 5.92 Å². The SMILES string of the molecule is O=C(Nc1ccn(Cc2ccccc2)n1)N1CCC(CO)CC1. The third-order valence-electron chi connectivity index (χ3n) is 4.22. The van der Waals surface area contributed by atoms with E-state index in [0.29, 0.717) is 31.4 Å². The first-order valence-corrected chi connectivity index (χ1v) is 7.99. The number of hydrogen-bond donors (Lipinski definition) is 2. The second-order valence-electron chi connectivity index (χ2n) is 5.93. The maximum Gasteiger partial charge on any atom is 0.323 e. The predicted octanol–water partition coefficient (Wildman–Crippen LogP) is 2.17. The van der Waals surface area contributed by atoms with Gasteiger partial charge in [-0.2, -0.15) is 5.10 Å². The number of piperidine rings is 1. The minimum atomic E-state index is -0.119. The van der Waals surface area contributed by atoms with E-state index in [1.807, 2.05) is 41.2 Å². The lowest BCUT2D eigenvalue weighted by molar-refractivity contribution is 0.143. The van der Waals surface area contributed by atoms with Gasteiger partial charge in [-0.1, -0.05) is 30.3 Å². The normalized spacial score (nSPS) is 15.6. The Kier molecular flexibility index (Phi) is 4.92. The number of aliphatic hydroxyl groups is 1. The first-order chi connectivity index (χ1) is 11.2. The van der Waals surface area contributed by atoms with Crippen LogP contribution >= 0.6 is 0 Å². The maximum absolute atomic E-state index is 12.2. The second kappa shape index (κ2) is 7.28. The van der Waals surface area contributed by atoms with Crippen LogP contribution in [0, 0.1) is 5.92 Å². The average Bonchev–Trinajstić information content (AvgIpc) is 3.02. The van der Waals surface area contributed by atoms with Crippen LogP contribution in [0.5, 0.6) is 0 Å². The van der Waals surface area contributed by atoms with Gasteiger partial charge in [0.1, 0.15) is 0 Å². The van der Waals surface area contributed by atoms with Crippen LogP contribution in [0.15, 0.2) is 42.6 Å². The lowest BCUT2D eigenvalue weighted by Gasteiger charge is -2.30. The number of likely N-dealkylation sites (tertiary alicyclic amines) is 1. The van der Waals surface area contributed by atoms with Gasteiger partial charge in [0.05, 0.1) is 6.54 Å². The molecule has 3 rings (SSSR count). The van der Waals surface area contributed by atoms with Gasteiger partial charge in [0, 0.05) is 32.0 Å². The Balaban J connectivity index is 1.53. The Morgan fingerprint density at radius 1 is 1.22 bits per heavy atom. The van der Waals surface area contributed by atoms with Crippen molar-refractivity contribution in [3.05, 3.63) is 48.2 Å². The van der Waals surface area contributed by atoms with Gasteiger partial charge in [-0.25, -0.2) is 4.79 Å². The zero-order valence-corrected chi connectivity index (χ0v) is 13.1. The molecule has 1 aromatic carbocycles. The molecule has 0 radical (unpaired) electrons. The van der Waals surface area contributed by atoms with E-state index in [9.17, 15) is 4.79 Å². The van der Waals surface area contributed by atoms with Crippen molar-refractivity contribution in [3.8, 4) is 0 Å². The molecule has 2 N–H and O–H groups in total. The highest BCUT2D eigenvalue weighted by Gasteiger charge is 2.22. The van der Waals surface area contributed by atoms with Crippen LogP contribution in [-0.4, -0.2) is 45.5 Å². The summed E-state index contributed by atoms with van der Waals surface area (Å²) in [7, 11) is 0. The van der Waals surface area contributed by atoms with Crippen LogP contribution in [-0.2, 0) is 6.54 Å². The Hall–Kier alpha value is -2.34. The van der Waals surface area contributed by atoms with Crippen molar-refractivity contribution in [3.63, 3.8) is 0 Å². The molecule has 0 atom stereocenters. The molecule has 1 saturated heterocycles. The summed E-state index contributed by atoms with van der Waals surface area (Å²) in [5.74, 6) is 0.888. The monoisotopic (exact) mass is 314 g/mol. The van der Waals surface area contributed by atoms with Crippen LogP contribution < -0.4 is 5.32 Å². The number of nitrogens with one attached hydrogen (secondary N) is 1. The van der Waals surface area contributed by atoms with E-state index in [-0.39, 0.29) is 12.6 Å². The largest absolute Gasteiger partial charge is 0.396 e. The third-order valence-corrected chi connectivity index (χ3v) is 4.22. The maximum atomic E-state index is 12.2. The molecule has 2 amide bonds. The van der Waals surface area contributed by atoms with Crippen molar-refractivity contribution < 1.29 is 9.90 Å². The van der Waals surface area contributed by atoms with Gasteiger partial charge in [0.25, 0.3) is 0 Å². The molecule has 2 aromatic rings. The standard InChI is InChI=1S/C17H22N4O2/c22-13-15-6-9-20(10-7-15)17(23)18-16-8-11-21(19-16)12-14-4-2-1-3-5-14/h1-5,8,11,15,22H,6-7,9-10,12-13H2,(H,18,19,23). The minimum absolute atomic E-state index is 0.119. The van der Waals surface area contributed by atoms with Crippen LogP contribution in [0.2, 0.25) is 0 Å². The van der Waals surface area contributed by atoms with Crippen LogP contribution in [0.25, 0.3) is 0 Å².